The molecule has 106 valence electrons. The quantitative estimate of drug-likeness (QED) is 0.890. The van der Waals surface area contributed by atoms with E-state index in [4.69, 9.17) is 0 Å². The minimum atomic E-state index is -0.584. The van der Waals surface area contributed by atoms with E-state index in [2.05, 4.69) is 21.2 Å². The van der Waals surface area contributed by atoms with Crippen LogP contribution in [0.25, 0.3) is 0 Å². The van der Waals surface area contributed by atoms with E-state index in [1.165, 1.54) is 12.1 Å². The summed E-state index contributed by atoms with van der Waals surface area (Å²) >= 11 is 3.16. The van der Waals surface area contributed by atoms with Gasteiger partial charge in [-0.25, -0.2) is 4.39 Å². The lowest BCUT2D eigenvalue weighted by atomic mass is 9.88. The van der Waals surface area contributed by atoms with Crippen LogP contribution in [0.1, 0.15) is 37.6 Å². The summed E-state index contributed by atoms with van der Waals surface area (Å²) in [4.78, 5) is 12.0. The molecule has 1 atom stereocenters. The molecular weight excluding hydrogens is 313 g/mol. The van der Waals surface area contributed by atoms with Crippen LogP contribution >= 0.6 is 15.9 Å². The van der Waals surface area contributed by atoms with Gasteiger partial charge in [-0.2, -0.15) is 0 Å². The molecule has 0 radical (unpaired) electrons. The lowest BCUT2D eigenvalue weighted by molar-refractivity contribution is 0.0893. The normalized spacial score (nSPS) is 13.2. The van der Waals surface area contributed by atoms with Crippen LogP contribution in [0.2, 0.25) is 0 Å². The summed E-state index contributed by atoms with van der Waals surface area (Å²) in [5.74, 6) is -1.10. The Morgan fingerprint density at radius 2 is 2.11 bits per heavy atom. The van der Waals surface area contributed by atoms with Crippen molar-refractivity contribution in [3.8, 4) is 0 Å². The third-order valence-corrected chi connectivity index (χ3v) is 3.27. The highest BCUT2D eigenvalue weighted by Crippen LogP contribution is 2.22. The Morgan fingerprint density at radius 1 is 1.47 bits per heavy atom. The van der Waals surface area contributed by atoms with Crippen molar-refractivity contribution in [2.45, 2.75) is 33.2 Å². The molecule has 0 fully saturated rings. The highest BCUT2D eigenvalue weighted by atomic mass is 79.9. The third kappa shape index (κ3) is 4.91. The Balaban J connectivity index is 2.84. The van der Waals surface area contributed by atoms with Gasteiger partial charge in [0.1, 0.15) is 5.82 Å². The van der Waals surface area contributed by atoms with Gasteiger partial charge < -0.3 is 10.4 Å². The molecule has 1 aromatic carbocycles. The van der Waals surface area contributed by atoms with Crippen molar-refractivity contribution in [3.63, 3.8) is 0 Å². The van der Waals surface area contributed by atoms with Crippen LogP contribution in [0.15, 0.2) is 22.7 Å². The molecule has 3 nitrogen and oxygen atoms in total. The fourth-order valence-corrected chi connectivity index (χ4v) is 2.39. The molecule has 19 heavy (non-hydrogen) atoms. The molecule has 0 heterocycles. The predicted molar refractivity (Wildman–Crippen MR) is 76.5 cm³/mol. The summed E-state index contributed by atoms with van der Waals surface area (Å²) in [7, 11) is 0. The second kappa shape index (κ2) is 6.48. The van der Waals surface area contributed by atoms with E-state index >= 15 is 0 Å². The number of halogens is 2. The summed E-state index contributed by atoms with van der Waals surface area (Å²) in [6.45, 7) is 5.87. The van der Waals surface area contributed by atoms with Gasteiger partial charge in [0.25, 0.3) is 5.91 Å². The molecular formula is C14H19BrFNO2. The zero-order valence-electron chi connectivity index (χ0n) is 11.3. The molecule has 1 unspecified atom stereocenters. The molecule has 1 amide bonds. The monoisotopic (exact) mass is 331 g/mol. The maximum Gasteiger partial charge on any atom is 0.255 e. The number of amides is 1. The second-order valence-electron chi connectivity index (χ2n) is 5.71. The summed E-state index contributed by atoms with van der Waals surface area (Å²) < 4.78 is 14.0. The van der Waals surface area contributed by atoms with Crippen LogP contribution < -0.4 is 5.32 Å². The topological polar surface area (TPSA) is 49.3 Å². The van der Waals surface area contributed by atoms with E-state index in [1.54, 1.807) is 6.07 Å². The first kappa shape index (κ1) is 16.1. The van der Waals surface area contributed by atoms with E-state index in [0.29, 0.717) is 10.9 Å². The van der Waals surface area contributed by atoms with Gasteiger partial charge in [0.2, 0.25) is 0 Å². The van der Waals surface area contributed by atoms with Gasteiger partial charge in [-0.15, -0.1) is 0 Å². The van der Waals surface area contributed by atoms with Crippen LogP contribution in [0.4, 0.5) is 4.39 Å². The molecule has 0 aliphatic rings. The number of nitrogens with one attached hydrogen (secondary N) is 1. The van der Waals surface area contributed by atoms with E-state index < -0.39 is 11.7 Å². The van der Waals surface area contributed by atoms with E-state index in [0.717, 1.165) is 0 Å². The SMILES string of the molecule is CC(C)(C)CC(CO)NC(=O)c1c(F)cccc1Br. The molecule has 0 aromatic heterocycles. The van der Waals surface area contributed by atoms with E-state index in [9.17, 15) is 14.3 Å². The maximum atomic E-state index is 13.6. The Labute approximate surface area is 121 Å². The summed E-state index contributed by atoms with van der Waals surface area (Å²) in [5.41, 5.74) is -0.0671. The molecule has 1 aromatic rings. The van der Waals surface area contributed by atoms with Crippen molar-refractivity contribution < 1.29 is 14.3 Å². The van der Waals surface area contributed by atoms with Crippen LogP contribution in [0, 0.1) is 11.2 Å². The van der Waals surface area contributed by atoms with Crippen molar-refractivity contribution in [3.05, 3.63) is 34.1 Å². The smallest absolute Gasteiger partial charge is 0.255 e. The average Bonchev–Trinajstić information content (AvgIpc) is 2.25. The van der Waals surface area contributed by atoms with Crippen molar-refractivity contribution >= 4 is 21.8 Å². The zero-order chi connectivity index (χ0) is 14.6. The van der Waals surface area contributed by atoms with Gasteiger partial charge in [0.05, 0.1) is 18.2 Å². The molecule has 0 aliphatic carbocycles. The Hall–Kier alpha value is -0.940. The van der Waals surface area contributed by atoms with E-state index in [-0.39, 0.29) is 23.6 Å². The number of benzene rings is 1. The minimum Gasteiger partial charge on any atom is -0.394 e. The predicted octanol–water partition coefficient (Wildman–Crippen LogP) is 3.12. The Kier molecular flexibility index (Phi) is 5.50. The molecule has 5 heteroatoms. The number of aliphatic hydroxyl groups excluding tert-OH is 1. The third-order valence-electron chi connectivity index (χ3n) is 2.60. The van der Waals surface area contributed by atoms with Gasteiger partial charge in [0.15, 0.2) is 0 Å². The standard InChI is InChI=1S/C14H19BrFNO2/c1-14(2,3)7-9(8-18)17-13(19)12-10(15)5-4-6-11(12)16/h4-6,9,18H,7-8H2,1-3H3,(H,17,19). The van der Waals surface area contributed by atoms with Crippen LogP contribution in [0.3, 0.4) is 0 Å². The van der Waals surface area contributed by atoms with Crippen molar-refractivity contribution in [2.75, 3.05) is 6.61 Å². The van der Waals surface area contributed by atoms with Crippen LogP contribution in [0.5, 0.6) is 0 Å². The van der Waals surface area contributed by atoms with Crippen molar-refractivity contribution in [1.29, 1.82) is 0 Å². The fraction of sp³-hybridized carbons (Fsp3) is 0.500. The van der Waals surface area contributed by atoms with Crippen LogP contribution in [-0.2, 0) is 0 Å². The van der Waals surface area contributed by atoms with Gasteiger partial charge in [0, 0.05) is 4.47 Å². The average molecular weight is 332 g/mol. The van der Waals surface area contributed by atoms with Crippen molar-refractivity contribution in [2.24, 2.45) is 5.41 Å². The zero-order valence-corrected chi connectivity index (χ0v) is 12.9. The number of hydrogen-bond acceptors (Lipinski definition) is 2. The second-order valence-corrected chi connectivity index (χ2v) is 6.57. The molecule has 0 spiro atoms. The molecule has 2 N–H and O–H groups in total. The Morgan fingerprint density at radius 3 is 2.58 bits per heavy atom. The molecule has 0 aliphatic heterocycles. The minimum absolute atomic E-state index is 0.0325. The first-order valence-electron chi connectivity index (χ1n) is 6.10. The van der Waals surface area contributed by atoms with Gasteiger partial charge in [-0.05, 0) is 39.9 Å². The highest BCUT2D eigenvalue weighted by molar-refractivity contribution is 9.10. The number of hydrogen-bond donors (Lipinski definition) is 2. The summed E-state index contributed by atoms with van der Waals surface area (Å²) in [5, 5.41) is 12.0. The number of carbonyl (C=O) groups excluding carboxylic acids is 1. The van der Waals surface area contributed by atoms with Gasteiger partial charge in [-0.1, -0.05) is 26.8 Å². The largest absolute Gasteiger partial charge is 0.394 e. The molecule has 0 bridgehead atoms. The number of aliphatic hydroxyl groups is 1. The lowest BCUT2D eigenvalue weighted by Crippen LogP contribution is -2.40. The summed E-state index contributed by atoms with van der Waals surface area (Å²) in [6, 6.07) is 3.97. The summed E-state index contributed by atoms with van der Waals surface area (Å²) in [6.07, 6.45) is 0.612. The molecule has 0 saturated heterocycles. The fourth-order valence-electron chi connectivity index (χ4n) is 1.87. The van der Waals surface area contributed by atoms with Gasteiger partial charge in [-0.3, -0.25) is 4.79 Å². The number of rotatable bonds is 4. The first-order chi connectivity index (χ1) is 8.74. The molecule has 0 saturated carbocycles. The number of carbonyl (C=O) groups is 1. The maximum absolute atomic E-state index is 13.6. The van der Waals surface area contributed by atoms with Crippen LogP contribution in [-0.4, -0.2) is 23.7 Å². The first-order valence-corrected chi connectivity index (χ1v) is 6.89. The Bertz CT molecular complexity index is 437. The lowest BCUT2D eigenvalue weighted by Gasteiger charge is -2.25. The molecule has 1 rings (SSSR count). The van der Waals surface area contributed by atoms with E-state index in [1.807, 2.05) is 20.8 Å². The van der Waals surface area contributed by atoms with Crippen molar-refractivity contribution in [1.82, 2.24) is 5.32 Å². The van der Waals surface area contributed by atoms with Gasteiger partial charge >= 0.3 is 0 Å². The highest BCUT2D eigenvalue weighted by Gasteiger charge is 2.22.